The van der Waals surface area contributed by atoms with Crippen molar-refractivity contribution >= 4 is 52.6 Å². The van der Waals surface area contributed by atoms with E-state index in [0.717, 1.165) is 22.5 Å². The van der Waals surface area contributed by atoms with Gasteiger partial charge in [0.05, 0.1) is 0 Å². The molecule has 0 bridgehead atoms. The van der Waals surface area contributed by atoms with Gasteiger partial charge in [-0.25, -0.2) is 0 Å². The van der Waals surface area contributed by atoms with Crippen LogP contribution in [-0.4, -0.2) is 0 Å². The molecule has 0 aliphatic heterocycles. The first-order chi connectivity index (χ1) is 9.56. The van der Waals surface area contributed by atoms with Gasteiger partial charge in [0.15, 0.2) is 0 Å². The summed E-state index contributed by atoms with van der Waals surface area (Å²) in [6.45, 7) is 4.06. The van der Waals surface area contributed by atoms with Crippen LogP contribution in [0.15, 0.2) is 46.2 Å². The average Bonchev–Trinajstić information content (AvgIpc) is 2.42. The predicted molar refractivity (Wildman–Crippen MR) is 98.1 cm³/mol. The molecule has 0 aliphatic rings. The van der Waals surface area contributed by atoms with Crippen molar-refractivity contribution in [2.24, 2.45) is 0 Å². The number of hydrogen-bond donors (Lipinski definition) is 2. The summed E-state index contributed by atoms with van der Waals surface area (Å²) in [7, 11) is 7.00. The van der Waals surface area contributed by atoms with E-state index >= 15 is 0 Å². The molecule has 0 amide bonds. The van der Waals surface area contributed by atoms with Gasteiger partial charge in [-0.1, -0.05) is 0 Å². The Hall–Kier alpha value is -0.560. The second-order valence-electron chi connectivity index (χ2n) is 4.34. The minimum Gasteiger partial charge on any atom is -0.399 e. The molecule has 0 aliphatic carbocycles. The first-order valence-corrected chi connectivity index (χ1v) is 10.8. The van der Waals surface area contributed by atoms with E-state index < -0.39 is 0 Å². The van der Waals surface area contributed by atoms with Crippen LogP contribution >= 0.6 is 41.2 Å². The number of benzene rings is 2. The second-order valence-corrected chi connectivity index (χ2v) is 10.2. The van der Waals surface area contributed by atoms with E-state index in [4.69, 9.17) is 11.5 Å². The van der Waals surface area contributed by atoms with Crippen molar-refractivity contribution in [3.8, 4) is 0 Å². The van der Waals surface area contributed by atoms with Gasteiger partial charge in [0.1, 0.15) is 0 Å². The van der Waals surface area contributed by atoms with Crippen molar-refractivity contribution in [3.05, 3.63) is 47.5 Å². The Labute approximate surface area is 135 Å². The summed E-state index contributed by atoms with van der Waals surface area (Å²) in [5, 5.41) is 0. The highest BCUT2D eigenvalue weighted by Crippen LogP contribution is 2.49. The van der Waals surface area contributed by atoms with Gasteiger partial charge < -0.3 is 11.5 Å². The Morgan fingerprint density at radius 3 is 1.45 bits per heavy atom. The Morgan fingerprint density at radius 1 is 0.700 bits per heavy atom. The molecule has 2 rings (SSSR count). The molecule has 2 nitrogen and oxygen atoms in total. The van der Waals surface area contributed by atoms with Crippen molar-refractivity contribution in [3.63, 3.8) is 0 Å². The summed E-state index contributed by atoms with van der Waals surface area (Å²) in [6, 6.07) is 12.3. The zero-order chi connectivity index (χ0) is 14.5. The molecular formula is C14H16N2S4. The zero-order valence-corrected chi connectivity index (χ0v) is 14.5. The number of nitrogens with two attached hydrogens (primary N) is 2. The van der Waals surface area contributed by atoms with E-state index in [0.29, 0.717) is 0 Å². The fourth-order valence-electron chi connectivity index (χ4n) is 1.51. The van der Waals surface area contributed by atoms with Crippen molar-refractivity contribution in [2.75, 3.05) is 11.5 Å². The second kappa shape index (κ2) is 7.45. The van der Waals surface area contributed by atoms with E-state index in [1.54, 1.807) is 41.2 Å². The lowest BCUT2D eigenvalue weighted by atomic mass is 10.2. The van der Waals surface area contributed by atoms with Gasteiger partial charge in [-0.05, 0) is 103 Å². The molecule has 0 saturated heterocycles. The summed E-state index contributed by atoms with van der Waals surface area (Å²) in [6.07, 6.45) is 0. The molecule has 0 radical (unpaired) electrons. The number of hydrogen-bond acceptors (Lipinski definition) is 6. The van der Waals surface area contributed by atoms with E-state index in [1.807, 2.05) is 26.0 Å². The largest absolute Gasteiger partial charge is 0.399 e. The Kier molecular flexibility index (Phi) is 5.89. The average molecular weight is 341 g/mol. The molecule has 0 saturated carbocycles. The molecule has 0 aromatic heterocycles. The van der Waals surface area contributed by atoms with Gasteiger partial charge >= 0.3 is 0 Å². The molecule has 6 heteroatoms. The first kappa shape index (κ1) is 15.8. The third-order valence-corrected chi connectivity index (χ3v) is 8.81. The van der Waals surface area contributed by atoms with Crippen molar-refractivity contribution in [2.45, 2.75) is 23.6 Å². The van der Waals surface area contributed by atoms with Gasteiger partial charge in [0.25, 0.3) is 0 Å². The molecule has 0 spiro atoms. The highest BCUT2D eigenvalue weighted by Gasteiger charge is 2.02. The van der Waals surface area contributed by atoms with Crippen molar-refractivity contribution in [1.29, 1.82) is 0 Å². The lowest BCUT2D eigenvalue weighted by molar-refractivity contribution is 1.37. The molecule has 0 unspecified atom stereocenters. The van der Waals surface area contributed by atoms with Gasteiger partial charge in [-0.3, -0.25) is 0 Å². The van der Waals surface area contributed by atoms with Crippen molar-refractivity contribution < 1.29 is 0 Å². The lowest BCUT2D eigenvalue weighted by Gasteiger charge is -2.05. The number of nitrogen functional groups attached to an aromatic ring is 2. The number of rotatable bonds is 5. The van der Waals surface area contributed by atoms with Crippen LogP contribution in [0.25, 0.3) is 0 Å². The standard InChI is InChI=1S/C14H16N2S4/c1-9-7-11(3-5-13(9)15)17-19-20-18-12-4-6-14(16)10(2)8-12/h3-8H,15-16H2,1-2H3. The van der Waals surface area contributed by atoms with Crippen LogP contribution in [0.5, 0.6) is 0 Å². The lowest BCUT2D eigenvalue weighted by Crippen LogP contribution is -1.88. The topological polar surface area (TPSA) is 52.0 Å². The fraction of sp³-hybridized carbons (Fsp3) is 0.143. The normalized spacial score (nSPS) is 10.7. The predicted octanol–water partition coefficient (Wildman–Crippen LogP) is 5.56. The molecule has 4 N–H and O–H groups in total. The molecule has 20 heavy (non-hydrogen) atoms. The SMILES string of the molecule is Cc1cc(SSSSc2ccc(N)c(C)c2)ccc1N. The molecule has 0 fully saturated rings. The third kappa shape index (κ3) is 4.48. The van der Waals surface area contributed by atoms with Crippen molar-refractivity contribution in [1.82, 2.24) is 0 Å². The van der Waals surface area contributed by atoms with Gasteiger partial charge in [-0.15, -0.1) is 0 Å². The molecule has 0 atom stereocenters. The Bertz CT molecular complexity index is 548. The molecule has 0 heterocycles. The van der Waals surface area contributed by atoms with Crippen LogP contribution in [0.2, 0.25) is 0 Å². The Morgan fingerprint density at radius 2 is 1.10 bits per heavy atom. The number of aryl methyl sites for hydroxylation is 2. The van der Waals surface area contributed by atoms with Crippen LogP contribution < -0.4 is 11.5 Å². The fourth-order valence-corrected chi connectivity index (χ4v) is 7.09. The van der Waals surface area contributed by atoms with Crippen LogP contribution in [0.4, 0.5) is 11.4 Å². The summed E-state index contributed by atoms with van der Waals surface area (Å²) in [5.41, 5.74) is 15.6. The van der Waals surface area contributed by atoms with E-state index in [2.05, 4.69) is 24.3 Å². The smallest absolute Gasteiger partial charge is 0.0344 e. The quantitative estimate of drug-likeness (QED) is 0.422. The summed E-state index contributed by atoms with van der Waals surface area (Å²) >= 11 is 0. The van der Waals surface area contributed by atoms with Crippen LogP contribution in [0.3, 0.4) is 0 Å². The van der Waals surface area contributed by atoms with E-state index in [1.165, 1.54) is 9.79 Å². The van der Waals surface area contributed by atoms with Crippen LogP contribution in [0, 0.1) is 13.8 Å². The van der Waals surface area contributed by atoms with Gasteiger partial charge in [0.2, 0.25) is 0 Å². The monoisotopic (exact) mass is 340 g/mol. The van der Waals surface area contributed by atoms with E-state index in [-0.39, 0.29) is 0 Å². The van der Waals surface area contributed by atoms with Gasteiger partial charge in [-0.2, -0.15) is 0 Å². The molecule has 2 aromatic rings. The summed E-state index contributed by atoms with van der Waals surface area (Å²) < 4.78 is 0. The maximum atomic E-state index is 5.81. The molecular weight excluding hydrogens is 324 g/mol. The number of anilines is 2. The first-order valence-electron chi connectivity index (χ1n) is 5.96. The molecule has 2 aromatic carbocycles. The van der Waals surface area contributed by atoms with Crippen LogP contribution in [0.1, 0.15) is 11.1 Å². The Balaban J connectivity index is 1.81. The third-order valence-electron chi connectivity index (χ3n) is 2.77. The van der Waals surface area contributed by atoms with E-state index in [9.17, 15) is 0 Å². The minimum absolute atomic E-state index is 0.846. The highest BCUT2D eigenvalue weighted by molar-refractivity contribution is 9.26. The van der Waals surface area contributed by atoms with Crippen LogP contribution in [-0.2, 0) is 0 Å². The summed E-state index contributed by atoms with van der Waals surface area (Å²) in [4.78, 5) is 2.45. The minimum atomic E-state index is 0.846. The highest BCUT2D eigenvalue weighted by atomic mass is 33.7. The maximum Gasteiger partial charge on any atom is 0.0344 e. The molecule has 106 valence electrons. The van der Waals surface area contributed by atoms with Gasteiger partial charge in [0, 0.05) is 21.2 Å². The summed E-state index contributed by atoms with van der Waals surface area (Å²) in [5.74, 6) is 0. The zero-order valence-electron chi connectivity index (χ0n) is 11.3. The maximum absolute atomic E-state index is 5.81.